The van der Waals surface area contributed by atoms with E-state index in [1.54, 1.807) is 24.3 Å². The first-order chi connectivity index (χ1) is 9.25. The molecule has 0 saturated carbocycles. The Bertz CT molecular complexity index is 652. The molecule has 92 valence electrons. The van der Waals surface area contributed by atoms with Crippen molar-refractivity contribution in [3.05, 3.63) is 70.7 Å². The molecule has 0 spiro atoms. The molecule has 2 heteroatoms. The summed E-state index contributed by atoms with van der Waals surface area (Å²) in [4.78, 5) is 0. The van der Waals surface area contributed by atoms with Crippen LogP contribution in [-0.2, 0) is 0 Å². The first-order valence-corrected chi connectivity index (χ1v) is 6.13. The lowest BCUT2D eigenvalue weighted by Gasteiger charge is -2.02. The van der Waals surface area contributed by atoms with Gasteiger partial charge in [0.1, 0.15) is 6.10 Å². The van der Waals surface area contributed by atoms with E-state index in [-0.39, 0.29) is 0 Å². The van der Waals surface area contributed by atoms with Crippen LogP contribution in [-0.4, -0.2) is 5.11 Å². The predicted molar refractivity (Wildman–Crippen MR) is 77.5 cm³/mol. The number of aliphatic hydroxyl groups excluding tert-OH is 1. The van der Waals surface area contributed by atoms with Gasteiger partial charge in [-0.1, -0.05) is 53.8 Å². The lowest BCUT2D eigenvalue weighted by molar-refractivity contribution is 0.238. The molecule has 0 radical (unpaired) electrons. The largest absolute Gasteiger partial charge is 0.376 e. The molecule has 1 atom stereocenters. The second kappa shape index (κ2) is 6.66. The Morgan fingerprint density at radius 1 is 0.895 bits per heavy atom. The molecule has 2 aromatic carbocycles. The van der Waals surface area contributed by atoms with Gasteiger partial charge in [-0.05, 0) is 41.7 Å². The topological polar surface area (TPSA) is 20.2 Å². The average Bonchev–Trinajstić information content (AvgIpc) is 2.45. The number of benzene rings is 2. The quantitative estimate of drug-likeness (QED) is 0.784. The number of aliphatic hydroxyl groups is 1. The van der Waals surface area contributed by atoms with Crippen molar-refractivity contribution < 1.29 is 5.11 Å². The van der Waals surface area contributed by atoms with Crippen molar-refractivity contribution in [2.75, 3.05) is 0 Å². The third kappa shape index (κ3) is 4.19. The Hall–Kier alpha value is -2.19. The van der Waals surface area contributed by atoms with E-state index in [9.17, 15) is 5.11 Å². The van der Waals surface area contributed by atoms with Gasteiger partial charge in [0.25, 0.3) is 0 Å². The number of hydrogen-bond donors (Lipinski definition) is 1. The molecule has 0 aliphatic carbocycles. The van der Waals surface area contributed by atoms with E-state index < -0.39 is 6.10 Å². The zero-order valence-electron chi connectivity index (χ0n) is 10.1. The van der Waals surface area contributed by atoms with E-state index in [4.69, 9.17) is 11.6 Å². The molecular formula is C17H11ClO. The molecule has 19 heavy (non-hydrogen) atoms. The Balaban J connectivity index is 2.04. The summed E-state index contributed by atoms with van der Waals surface area (Å²) in [6, 6.07) is 16.5. The highest BCUT2D eigenvalue weighted by molar-refractivity contribution is 6.30. The molecular weight excluding hydrogens is 256 g/mol. The van der Waals surface area contributed by atoms with Crippen LogP contribution in [0.3, 0.4) is 0 Å². The highest BCUT2D eigenvalue weighted by atomic mass is 35.5. The second-order valence-corrected chi connectivity index (χ2v) is 4.28. The van der Waals surface area contributed by atoms with Crippen LogP contribution in [0.1, 0.15) is 17.2 Å². The fraction of sp³-hybridized carbons (Fsp3) is 0.0588. The molecule has 1 nitrogen and oxygen atoms in total. The van der Waals surface area contributed by atoms with Gasteiger partial charge in [-0.3, -0.25) is 0 Å². The Labute approximate surface area is 117 Å². The summed E-state index contributed by atoms with van der Waals surface area (Å²) in [5.74, 6) is 11.0. The standard InChI is InChI=1S/C17H11ClO/c18-16-12-10-15(11-13-16)17(19)9-5-4-8-14-6-2-1-3-7-14/h1-3,6-7,10-13,17,19H. The molecule has 1 N–H and O–H groups in total. The van der Waals surface area contributed by atoms with Gasteiger partial charge in [0, 0.05) is 10.6 Å². The highest BCUT2D eigenvalue weighted by Crippen LogP contribution is 2.15. The van der Waals surface area contributed by atoms with Gasteiger partial charge in [0.15, 0.2) is 0 Å². The van der Waals surface area contributed by atoms with Crippen molar-refractivity contribution >= 4 is 11.6 Å². The molecule has 1 unspecified atom stereocenters. The van der Waals surface area contributed by atoms with Crippen LogP contribution in [0.15, 0.2) is 54.6 Å². The molecule has 0 aliphatic rings. The minimum Gasteiger partial charge on any atom is -0.376 e. The third-order valence-electron chi connectivity index (χ3n) is 2.44. The fourth-order valence-corrected chi connectivity index (χ4v) is 1.58. The zero-order valence-corrected chi connectivity index (χ0v) is 10.9. The summed E-state index contributed by atoms with van der Waals surface area (Å²) >= 11 is 5.77. The van der Waals surface area contributed by atoms with Gasteiger partial charge in [-0.15, -0.1) is 0 Å². The first-order valence-electron chi connectivity index (χ1n) is 5.76. The van der Waals surface area contributed by atoms with Crippen LogP contribution in [0, 0.1) is 23.7 Å². The maximum atomic E-state index is 9.82. The van der Waals surface area contributed by atoms with Gasteiger partial charge in [0.2, 0.25) is 0 Å². The first kappa shape index (κ1) is 13.2. The van der Waals surface area contributed by atoms with Crippen LogP contribution in [0.5, 0.6) is 0 Å². The third-order valence-corrected chi connectivity index (χ3v) is 2.69. The summed E-state index contributed by atoms with van der Waals surface area (Å²) < 4.78 is 0. The normalized spacial score (nSPS) is 10.6. The van der Waals surface area contributed by atoms with E-state index in [1.807, 2.05) is 30.3 Å². The van der Waals surface area contributed by atoms with Gasteiger partial charge < -0.3 is 5.11 Å². The fourth-order valence-electron chi connectivity index (χ4n) is 1.46. The molecule has 0 amide bonds. The van der Waals surface area contributed by atoms with Gasteiger partial charge >= 0.3 is 0 Å². The average molecular weight is 267 g/mol. The molecule has 0 aliphatic heterocycles. The lowest BCUT2D eigenvalue weighted by Crippen LogP contribution is -1.92. The zero-order chi connectivity index (χ0) is 13.5. The van der Waals surface area contributed by atoms with Crippen molar-refractivity contribution in [1.82, 2.24) is 0 Å². The number of hydrogen-bond acceptors (Lipinski definition) is 1. The second-order valence-electron chi connectivity index (χ2n) is 3.84. The summed E-state index contributed by atoms with van der Waals surface area (Å²) in [7, 11) is 0. The molecule has 0 bridgehead atoms. The number of rotatable bonds is 1. The minimum absolute atomic E-state index is 0.632. The van der Waals surface area contributed by atoms with E-state index >= 15 is 0 Å². The molecule has 0 aromatic heterocycles. The summed E-state index contributed by atoms with van der Waals surface area (Å²) in [5.41, 5.74) is 1.61. The molecule has 2 aromatic rings. The van der Waals surface area contributed by atoms with E-state index in [1.165, 1.54) is 0 Å². The SMILES string of the molecule is OC(C#CC#Cc1ccccc1)c1ccc(Cl)cc1. The maximum absolute atomic E-state index is 9.82. The van der Waals surface area contributed by atoms with E-state index in [2.05, 4.69) is 23.7 Å². The summed E-state index contributed by atoms with van der Waals surface area (Å²) in [5, 5.41) is 10.5. The van der Waals surface area contributed by atoms with E-state index in [0.29, 0.717) is 10.6 Å². The van der Waals surface area contributed by atoms with Crippen LogP contribution >= 0.6 is 11.6 Å². The minimum atomic E-state index is -0.845. The number of halogens is 1. The smallest absolute Gasteiger partial charge is 0.141 e. The van der Waals surface area contributed by atoms with Crippen LogP contribution in [0.2, 0.25) is 5.02 Å². The van der Waals surface area contributed by atoms with Crippen molar-refractivity contribution in [2.45, 2.75) is 6.10 Å². The van der Waals surface area contributed by atoms with Crippen molar-refractivity contribution in [3.8, 4) is 23.7 Å². The van der Waals surface area contributed by atoms with Crippen LogP contribution in [0.25, 0.3) is 0 Å². The van der Waals surface area contributed by atoms with Crippen LogP contribution < -0.4 is 0 Å². The predicted octanol–water partition coefficient (Wildman–Crippen LogP) is 3.43. The monoisotopic (exact) mass is 266 g/mol. The van der Waals surface area contributed by atoms with Gasteiger partial charge in [-0.2, -0.15) is 0 Å². The molecule has 0 heterocycles. The van der Waals surface area contributed by atoms with E-state index in [0.717, 1.165) is 5.56 Å². The van der Waals surface area contributed by atoms with Crippen LogP contribution in [0.4, 0.5) is 0 Å². The molecule has 2 rings (SSSR count). The maximum Gasteiger partial charge on any atom is 0.141 e. The Kier molecular flexibility index (Phi) is 4.65. The van der Waals surface area contributed by atoms with Crippen molar-refractivity contribution in [3.63, 3.8) is 0 Å². The van der Waals surface area contributed by atoms with Gasteiger partial charge in [-0.25, -0.2) is 0 Å². The summed E-state index contributed by atoms with van der Waals surface area (Å²) in [6.07, 6.45) is -0.845. The lowest BCUT2D eigenvalue weighted by atomic mass is 10.1. The highest BCUT2D eigenvalue weighted by Gasteiger charge is 2.01. The molecule has 0 saturated heterocycles. The van der Waals surface area contributed by atoms with Gasteiger partial charge in [0.05, 0.1) is 0 Å². The summed E-state index contributed by atoms with van der Waals surface area (Å²) in [6.45, 7) is 0. The molecule has 0 fully saturated rings. The van der Waals surface area contributed by atoms with Crippen molar-refractivity contribution in [1.29, 1.82) is 0 Å². The Morgan fingerprint density at radius 2 is 1.58 bits per heavy atom. The Morgan fingerprint density at radius 3 is 2.26 bits per heavy atom. The van der Waals surface area contributed by atoms with Crippen molar-refractivity contribution in [2.24, 2.45) is 0 Å².